The molecule has 0 atom stereocenters. The lowest BCUT2D eigenvalue weighted by molar-refractivity contribution is 0.0878. The van der Waals surface area contributed by atoms with E-state index in [9.17, 15) is 5.11 Å². The summed E-state index contributed by atoms with van der Waals surface area (Å²) in [5.41, 5.74) is 1.79. The van der Waals surface area contributed by atoms with E-state index in [0.717, 1.165) is 6.54 Å². The van der Waals surface area contributed by atoms with Crippen LogP contribution in [0.15, 0.2) is 30.3 Å². The second kappa shape index (κ2) is 3.70. The highest BCUT2D eigenvalue weighted by Gasteiger charge is 2.20. The molecule has 1 aromatic carbocycles. The predicted octanol–water partition coefficient (Wildman–Crippen LogP) is 2.29. The zero-order chi connectivity index (χ0) is 10.9. The fraction of sp³-hybridized carbons (Fsp3) is 0.385. The number of fused-ring (bicyclic) bond motifs is 1. The van der Waals surface area contributed by atoms with E-state index in [1.54, 1.807) is 0 Å². The molecule has 0 bridgehead atoms. The summed E-state index contributed by atoms with van der Waals surface area (Å²) in [6, 6.07) is 8.28. The first-order valence-electron chi connectivity index (χ1n) is 5.29. The van der Waals surface area contributed by atoms with Gasteiger partial charge in [0.1, 0.15) is 0 Å². The van der Waals surface area contributed by atoms with Crippen molar-refractivity contribution in [2.75, 3.05) is 18.0 Å². The summed E-state index contributed by atoms with van der Waals surface area (Å²) in [5, 5.41) is 9.83. The van der Waals surface area contributed by atoms with Crippen molar-refractivity contribution in [2.24, 2.45) is 0 Å². The van der Waals surface area contributed by atoms with Crippen molar-refractivity contribution in [1.82, 2.24) is 0 Å². The van der Waals surface area contributed by atoms with Gasteiger partial charge in [-0.05, 0) is 25.5 Å². The summed E-state index contributed by atoms with van der Waals surface area (Å²) in [5.74, 6) is 0. The minimum Gasteiger partial charge on any atom is -0.389 e. The molecular weight excluding hydrogens is 186 g/mol. The van der Waals surface area contributed by atoms with Gasteiger partial charge in [0.05, 0.1) is 5.60 Å². The summed E-state index contributed by atoms with van der Waals surface area (Å²) >= 11 is 0. The number of nitrogens with zero attached hydrogens (tertiary/aromatic N) is 1. The van der Waals surface area contributed by atoms with Gasteiger partial charge in [-0.2, -0.15) is 0 Å². The lowest BCUT2D eigenvalue weighted by Crippen LogP contribution is -2.39. The summed E-state index contributed by atoms with van der Waals surface area (Å²) < 4.78 is 0. The Labute approximate surface area is 90.8 Å². The van der Waals surface area contributed by atoms with Crippen molar-refractivity contribution >= 4 is 11.8 Å². The van der Waals surface area contributed by atoms with Gasteiger partial charge in [-0.1, -0.05) is 30.4 Å². The summed E-state index contributed by atoms with van der Waals surface area (Å²) in [7, 11) is 0. The van der Waals surface area contributed by atoms with Crippen molar-refractivity contribution in [3.05, 3.63) is 35.9 Å². The second-order valence-electron chi connectivity index (χ2n) is 4.65. The van der Waals surface area contributed by atoms with E-state index in [-0.39, 0.29) is 0 Å². The molecule has 2 rings (SSSR count). The molecule has 2 nitrogen and oxygen atoms in total. The van der Waals surface area contributed by atoms with Gasteiger partial charge in [0.2, 0.25) is 0 Å². The first-order valence-corrected chi connectivity index (χ1v) is 5.29. The van der Waals surface area contributed by atoms with Gasteiger partial charge in [-0.15, -0.1) is 0 Å². The minimum atomic E-state index is -0.654. The Kier molecular flexibility index (Phi) is 2.53. The van der Waals surface area contributed by atoms with Crippen LogP contribution in [0.1, 0.15) is 19.4 Å². The van der Waals surface area contributed by atoms with Crippen LogP contribution in [0.3, 0.4) is 0 Å². The fourth-order valence-corrected chi connectivity index (χ4v) is 1.94. The Morgan fingerprint density at radius 1 is 1.33 bits per heavy atom. The SMILES string of the molecule is CC(C)(O)CN1CC=Cc2ccccc21. The van der Waals surface area contributed by atoms with E-state index in [0.29, 0.717) is 6.54 Å². The van der Waals surface area contributed by atoms with Gasteiger partial charge in [0, 0.05) is 18.8 Å². The van der Waals surface area contributed by atoms with E-state index < -0.39 is 5.60 Å². The maximum atomic E-state index is 9.83. The normalized spacial score (nSPS) is 15.3. The predicted molar refractivity (Wildman–Crippen MR) is 64.0 cm³/mol. The van der Waals surface area contributed by atoms with Crippen LogP contribution >= 0.6 is 0 Å². The maximum Gasteiger partial charge on any atom is 0.0766 e. The van der Waals surface area contributed by atoms with E-state index >= 15 is 0 Å². The molecule has 0 amide bonds. The Bertz CT molecular complexity index is 376. The number of para-hydroxylation sites is 1. The third kappa shape index (κ3) is 2.39. The average molecular weight is 203 g/mol. The van der Waals surface area contributed by atoms with Crippen molar-refractivity contribution in [3.8, 4) is 0 Å². The molecule has 2 heteroatoms. The van der Waals surface area contributed by atoms with Gasteiger partial charge < -0.3 is 10.0 Å². The van der Waals surface area contributed by atoms with Crippen LogP contribution < -0.4 is 4.90 Å². The first-order chi connectivity index (χ1) is 7.06. The molecule has 80 valence electrons. The molecule has 1 N–H and O–H groups in total. The highest BCUT2D eigenvalue weighted by atomic mass is 16.3. The van der Waals surface area contributed by atoms with Crippen molar-refractivity contribution < 1.29 is 5.11 Å². The van der Waals surface area contributed by atoms with E-state index in [4.69, 9.17) is 0 Å². The number of hydrogen-bond acceptors (Lipinski definition) is 2. The summed E-state index contributed by atoms with van der Waals surface area (Å²) in [6.45, 7) is 5.22. The molecule has 0 radical (unpaired) electrons. The zero-order valence-corrected chi connectivity index (χ0v) is 9.27. The van der Waals surface area contributed by atoms with Gasteiger partial charge in [0.15, 0.2) is 0 Å². The van der Waals surface area contributed by atoms with Gasteiger partial charge >= 0.3 is 0 Å². The molecule has 0 aromatic heterocycles. The van der Waals surface area contributed by atoms with Crippen LogP contribution in [0, 0.1) is 0 Å². The molecule has 15 heavy (non-hydrogen) atoms. The largest absolute Gasteiger partial charge is 0.389 e. The molecule has 1 aliphatic heterocycles. The molecule has 1 heterocycles. The smallest absolute Gasteiger partial charge is 0.0766 e. The highest BCUT2D eigenvalue weighted by Crippen LogP contribution is 2.26. The molecule has 1 aromatic rings. The third-order valence-corrected chi connectivity index (χ3v) is 2.48. The van der Waals surface area contributed by atoms with Gasteiger partial charge in [-0.25, -0.2) is 0 Å². The molecule has 1 aliphatic rings. The summed E-state index contributed by atoms with van der Waals surface area (Å²) in [4.78, 5) is 2.20. The molecule has 0 spiro atoms. The van der Waals surface area contributed by atoms with Crippen LogP contribution in [-0.2, 0) is 0 Å². The Morgan fingerprint density at radius 2 is 2.07 bits per heavy atom. The van der Waals surface area contributed by atoms with Gasteiger partial charge in [0.25, 0.3) is 0 Å². The van der Waals surface area contributed by atoms with E-state index in [2.05, 4.69) is 29.2 Å². The Balaban J connectivity index is 2.27. The number of anilines is 1. The van der Waals surface area contributed by atoms with Crippen molar-refractivity contribution in [2.45, 2.75) is 19.4 Å². The molecule has 0 aliphatic carbocycles. The molecule has 0 fully saturated rings. The fourth-order valence-electron chi connectivity index (χ4n) is 1.94. The monoisotopic (exact) mass is 203 g/mol. The molecular formula is C13H17NO. The first kappa shape index (κ1) is 10.2. The van der Waals surface area contributed by atoms with Crippen LogP contribution in [-0.4, -0.2) is 23.8 Å². The lowest BCUT2D eigenvalue weighted by Gasteiger charge is -2.33. The number of β-amino-alcohol motifs (C(OH)–C–C–N with tert-alkyl or cyclic N) is 1. The topological polar surface area (TPSA) is 23.5 Å². The lowest BCUT2D eigenvalue weighted by atomic mass is 10.0. The number of aliphatic hydroxyl groups is 1. The van der Waals surface area contributed by atoms with E-state index in [1.165, 1.54) is 11.3 Å². The molecule has 0 saturated heterocycles. The molecule has 0 unspecified atom stereocenters. The zero-order valence-electron chi connectivity index (χ0n) is 9.27. The Hall–Kier alpha value is -1.28. The number of benzene rings is 1. The Morgan fingerprint density at radius 3 is 2.80 bits per heavy atom. The third-order valence-electron chi connectivity index (χ3n) is 2.48. The number of hydrogen-bond donors (Lipinski definition) is 1. The summed E-state index contributed by atoms with van der Waals surface area (Å²) in [6.07, 6.45) is 4.27. The maximum absolute atomic E-state index is 9.83. The van der Waals surface area contributed by atoms with Crippen molar-refractivity contribution in [1.29, 1.82) is 0 Å². The van der Waals surface area contributed by atoms with Crippen LogP contribution in [0.4, 0.5) is 5.69 Å². The quantitative estimate of drug-likeness (QED) is 0.797. The van der Waals surface area contributed by atoms with Gasteiger partial charge in [-0.3, -0.25) is 0 Å². The number of rotatable bonds is 2. The minimum absolute atomic E-state index is 0.654. The highest BCUT2D eigenvalue weighted by molar-refractivity contribution is 5.71. The van der Waals surface area contributed by atoms with Crippen LogP contribution in [0.25, 0.3) is 6.08 Å². The van der Waals surface area contributed by atoms with Crippen LogP contribution in [0.5, 0.6) is 0 Å². The second-order valence-corrected chi connectivity index (χ2v) is 4.65. The molecule has 0 saturated carbocycles. The van der Waals surface area contributed by atoms with Crippen LogP contribution in [0.2, 0.25) is 0 Å². The average Bonchev–Trinajstić information content (AvgIpc) is 2.16. The standard InChI is InChI=1S/C13H17NO/c1-13(2,15)10-14-9-5-7-11-6-3-4-8-12(11)14/h3-8,15H,9-10H2,1-2H3. The van der Waals surface area contributed by atoms with E-state index in [1.807, 2.05) is 26.0 Å². The van der Waals surface area contributed by atoms with Crippen molar-refractivity contribution in [3.63, 3.8) is 0 Å².